The molecule has 1 aromatic carbocycles. The predicted molar refractivity (Wildman–Crippen MR) is 125 cm³/mol. The highest BCUT2D eigenvalue weighted by atomic mass is 35.5. The molecule has 0 aliphatic carbocycles. The number of likely N-dealkylation sites (N-methyl/N-ethyl adjacent to an activating group) is 1. The summed E-state index contributed by atoms with van der Waals surface area (Å²) >= 11 is 6.63. The Kier molecular flexibility index (Phi) is 5.33. The van der Waals surface area contributed by atoms with Gasteiger partial charge in [0.15, 0.2) is 11.5 Å². The number of anilines is 2. The van der Waals surface area contributed by atoms with E-state index in [1.165, 1.54) is 6.33 Å². The molecule has 31 heavy (non-hydrogen) atoms. The quantitative estimate of drug-likeness (QED) is 0.491. The van der Waals surface area contributed by atoms with Gasteiger partial charge < -0.3 is 20.1 Å². The molecule has 8 nitrogen and oxygen atoms in total. The third-order valence-electron chi connectivity index (χ3n) is 5.94. The molecule has 1 aliphatic heterocycles. The second kappa shape index (κ2) is 8.28. The highest BCUT2D eigenvalue weighted by Crippen LogP contribution is 2.34. The molecule has 1 saturated heterocycles. The van der Waals surface area contributed by atoms with Crippen LogP contribution in [-0.4, -0.2) is 62.5 Å². The van der Waals surface area contributed by atoms with Crippen LogP contribution >= 0.6 is 11.6 Å². The fourth-order valence-corrected chi connectivity index (χ4v) is 4.41. The van der Waals surface area contributed by atoms with Gasteiger partial charge in [0.25, 0.3) is 0 Å². The summed E-state index contributed by atoms with van der Waals surface area (Å²) in [5.74, 6) is 1.64. The van der Waals surface area contributed by atoms with Gasteiger partial charge in [0.2, 0.25) is 0 Å². The van der Waals surface area contributed by atoms with E-state index >= 15 is 0 Å². The standard InChI is InChI=1S/C22H25ClN8/c1-3-30-7-9-31(10-8-30)22-18-15(5-4-6-16(18)23)11-17(29-22)14(2)28-21-19-20(25-12-24-19)26-13-27-21/h4-6,11-14H,3,7-10H2,1-2H3,(H2,24,25,26,27,28)/t14-/m0/s1. The number of imidazole rings is 1. The lowest BCUT2D eigenvalue weighted by atomic mass is 10.1. The van der Waals surface area contributed by atoms with E-state index in [9.17, 15) is 0 Å². The van der Waals surface area contributed by atoms with Crippen molar-refractivity contribution in [3.8, 4) is 0 Å². The molecule has 0 amide bonds. The number of halogens is 1. The lowest BCUT2D eigenvalue weighted by Crippen LogP contribution is -2.46. The molecule has 3 aromatic heterocycles. The zero-order valence-corrected chi connectivity index (χ0v) is 18.4. The molecule has 2 N–H and O–H groups in total. The summed E-state index contributed by atoms with van der Waals surface area (Å²) in [7, 11) is 0. The average Bonchev–Trinajstić information content (AvgIpc) is 3.28. The van der Waals surface area contributed by atoms with Gasteiger partial charge in [-0.05, 0) is 31.0 Å². The Morgan fingerprint density at radius 2 is 2.00 bits per heavy atom. The van der Waals surface area contributed by atoms with Crippen LogP contribution < -0.4 is 10.2 Å². The van der Waals surface area contributed by atoms with E-state index in [1.54, 1.807) is 6.33 Å². The number of aromatic nitrogens is 5. The van der Waals surface area contributed by atoms with E-state index in [1.807, 2.05) is 12.1 Å². The van der Waals surface area contributed by atoms with Gasteiger partial charge in [-0.25, -0.2) is 19.9 Å². The average molecular weight is 437 g/mol. The van der Waals surface area contributed by atoms with Gasteiger partial charge >= 0.3 is 0 Å². The van der Waals surface area contributed by atoms with Crippen LogP contribution in [0.15, 0.2) is 36.9 Å². The molecule has 4 heterocycles. The van der Waals surface area contributed by atoms with Crippen molar-refractivity contribution in [1.82, 2.24) is 29.8 Å². The second-order valence-electron chi connectivity index (χ2n) is 7.82. The summed E-state index contributed by atoms with van der Waals surface area (Å²) in [6, 6.07) is 8.06. The van der Waals surface area contributed by atoms with Crippen LogP contribution in [0.1, 0.15) is 25.6 Å². The van der Waals surface area contributed by atoms with Crippen LogP contribution in [0.4, 0.5) is 11.6 Å². The van der Waals surface area contributed by atoms with Crippen molar-refractivity contribution in [2.45, 2.75) is 19.9 Å². The van der Waals surface area contributed by atoms with E-state index < -0.39 is 0 Å². The third kappa shape index (κ3) is 3.77. The predicted octanol–water partition coefficient (Wildman–Crippen LogP) is 3.87. The van der Waals surface area contributed by atoms with Crippen LogP contribution in [-0.2, 0) is 0 Å². The van der Waals surface area contributed by atoms with Gasteiger partial charge in [-0.3, -0.25) is 0 Å². The number of fused-ring (bicyclic) bond motifs is 2. The first-order chi connectivity index (χ1) is 15.1. The number of pyridine rings is 1. The summed E-state index contributed by atoms with van der Waals surface area (Å²) in [5.41, 5.74) is 2.36. The maximum Gasteiger partial charge on any atom is 0.162 e. The van der Waals surface area contributed by atoms with Gasteiger partial charge in [0.1, 0.15) is 17.7 Å². The van der Waals surface area contributed by atoms with Gasteiger partial charge in [-0.1, -0.05) is 30.7 Å². The Hall–Kier alpha value is -2.97. The number of rotatable bonds is 5. The van der Waals surface area contributed by atoms with Crippen LogP contribution in [0.2, 0.25) is 5.02 Å². The molecule has 160 valence electrons. The first-order valence-corrected chi connectivity index (χ1v) is 11.0. The van der Waals surface area contributed by atoms with Gasteiger partial charge in [-0.15, -0.1) is 0 Å². The summed E-state index contributed by atoms with van der Waals surface area (Å²) in [5, 5.41) is 6.30. The molecule has 0 spiro atoms. The molecule has 4 aromatic rings. The molecule has 9 heteroatoms. The molecule has 0 radical (unpaired) electrons. The molecule has 1 aliphatic rings. The summed E-state index contributed by atoms with van der Waals surface area (Å²) < 4.78 is 0. The fourth-order valence-electron chi connectivity index (χ4n) is 4.14. The van der Waals surface area contributed by atoms with Crippen molar-refractivity contribution < 1.29 is 0 Å². The van der Waals surface area contributed by atoms with Crippen LogP contribution in [0.5, 0.6) is 0 Å². The first kappa shape index (κ1) is 20.0. The largest absolute Gasteiger partial charge is 0.360 e. The maximum absolute atomic E-state index is 6.63. The number of H-pyrrole nitrogens is 1. The maximum atomic E-state index is 6.63. The third-order valence-corrected chi connectivity index (χ3v) is 6.26. The Labute approximate surface area is 185 Å². The molecule has 1 atom stereocenters. The van der Waals surface area contributed by atoms with E-state index in [0.29, 0.717) is 17.0 Å². The van der Waals surface area contributed by atoms with E-state index in [-0.39, 0.29) is 6.04 Å². The molecule has 0 saturated carbocycles. The van der Waals surface area contributed by atoms with Crippen molar-refractivity contribution in [3.05, 3.63) is 47.6 Å². The lowest BCUT2D eigenvalue weighted by Gasteiger charge is -2.35. The van der Waals surface area contributed by atoms with Crippen LogP contribution in [0, 0.1) is 0 Å². The number of hydrogen-bond acceptors (Lipinski definition) is 7. The SMILES string of the molecule is CCN1CCN(c2nc([C@H](C)Nc3ncnc4[nH]cnc34)cc3cccc(Cl)c23)CC1. The highest BCUT2D eigenvalue weighted by Gasteiger charge is 2.22. The van der Waals surface area contributed by atoms with Crippen molar-refractivity contribution in [2.24, 2.45) is 0 Å². The number of hydrogen-bond donors (Lipinski definition) is 2. The minimum absolute atomic E-state index is 0.0751. The van der Waals surface area contributed by atoms with E-state index in [4.69, 9.17) is 16.6 Å². The van der Waals surface area contributed by atoms with E-state index in [0.717, 1.165) is 60.0 Å². The number of nitrogens with one attached hydrogen (secondary N) is 2. The molecule has 0 bridgehead atoms. The minimum Gasteiger partial charge on any atom is -0.360 e. The van der Waals surface area contributed by atoms with E-state index in [2.05, 4.69) is 61.0 Å². The number of benzene rings is 1. The monoisotopic (exact) mass is 436 g/mol. The zero-order chi connectivity index (χ0) is 21.4. The first-order valence-electron chi connectivity index (χ1n) is 10.6. The molecular formula is C22H25ClN8. The van der Waals surface area contributed by atoms with Crippen molar-refractivity contribution in [1.29, 1.82) is 0 Å². The lowest BCUT2D eigenvalue weighted by molar-refractivity contribution is 0.270. The summed E-state index contributed by atoms with van der Waals surface area (Å²) in [6.07, 6.45) is 3.15. The minimum atomic E-state index is -0.0751. The van der Waals surface area contributed by atoms with Crippen LogP contribution in [0.25, 0.3) is 21.9 Å². The zero-order valence-electron chi connectivity index (χ0n) is 17.6. The fraction of sp³-hybridized carbons (Fsp3) is 0.364. The topological polar surface area (TPSA) is 85.9 Å². The Morgan fingerprint density at radius 3 is 2.81 bits per heavy atom. The second-order valence-corrected chi connectivity index (χ2v) is 8.23. The van der Waals surface area contributed by atoms with Crippen molar-refractivity contribution in [2.75, 3.05) is 42.9 Å². The van der Waals surface area contributed by atoms with Crippen LogP contribution in [0.3, 0.4) is 0 Å². The number of piperazine rings is 1. The van der Waals surface area contributed by atoms with Crippen molar-refractivity contribution in [3.63, 3.8) is 0 Å². The summed E-state index contributed by atoms with van der Waals surface area (Å²) in [4.78, 5) is 25.9. The van der Waals surface area contributed by atoms with Crippen molar-refractivity contribution >= 4 is 45.2 Å². The number of nitrogens with zero attached hydrogens (tertiary/aromatic N) is 6. The Morgan fingerprint density at radius 1 is 1.16 bits per heavy atom. The molecule has 5 rings (SSSR count). The molecule has 1 fully saturated rings. The summed E-state index contributed by atoms with van der Waals surface area (Å²) in [6.45, 7) is 9.29. The Bertz CT molecular complexity index is 1210. The normalized spacial score (nSPS) is 16.2. The Balaban J connectivity index is 1.52. The number of aromatic amines is 1. The van der Waals surface area contributed by atoms with Gasteiger partial charge in [-0.2, -0.15) is 0 Å². The smallest absolute Gasteiger partial charge is 0.162 e. The highest BCUT2D eigenvalue weighted by molar-refractivity contribution is 6.36. The molecule has 0 unspecified atom stereocenters. The van der Waals surface area contributed by atoms with Gasteiger partial charge in [0.05, 0.1) is 23.1 Å². The van der Waals surface area contributed by atoms with Gasteiger partial charge in [0, 0.05) is 31.6 Å². The molecular weight excluding hydrogens is 412 g/mol.